The summed E-state index contributed by atoms with van der Waals surface area (Å²) in [4.78, 5) is 0.249. The maximum atomic E-state index is 12.4. The van der Waals surface area contributed by atoms with Crippen LogP contribution in [0.15, 0.2) is 23.1 Å². The first kappa shape index (κ1) is 13.8. The van der Waals surface area contributed by atoms with Gasteiger partial charge in [0.15, 0.2) is 0 Å². The number of halogens is 1. The molecule has 1 aromatic rings. The van der Waals surface area contributed by atoms with Gasteiger partial charge in [0, 0.05) is 24.2 Å². The van der Waals surface area contributed by atoms with E-state index in [0.717, 1.165) is 18.4 Å². The third kappa shape index (κ3) is 2.40. The molecule has 1 aliphatic rings. The quantitative estimate of drug-likeness (QED) is 0.925. The molecule has 6 heteroatoms. The molecule has 0 bridgehead atoms. The lowest BCUT2D eigenvalue weighted by Crippen LogP contribution is -2.33. The first-order valence-corrected chi connectivity index (χ1v) is 7.79. The first-order valence-electron chi connectivity index (χ1n) is 5.97. The van der Waals surface area contributed by atoms with Crippen LogP contribution >= 0.6 is 11.6 Å². The molecule has 1 aliphatic heterocycles. The topological polar surface area (TPSA) is 63.4 Å². The molecule has 100 valence electrons. The summed E-state index contributed by atoms with van der Waals surface area (Å²) < 4.78 is 26.4. The van der Waals surface area contributed by atoms with Gasteiger partial charge in [-0.3, -0.25) is 0 Å². The third-order valence-electron chi connectivity index (χ3n) is 3.34. The summed E-state index contributed by atoms with van der Waals surface area (Å²) in [6, 6.07) is 4.80. The van der Waals surface area contributed by atoms with Crippen LogP contribution in [-0.4, -0.2) is 25.3 Å². The van der Waals surface area contributed by atoms with Gasteiger partial charge in [-0.2, -0.15) is 4.31 Å². The number of benzene rings is 1. The lowest BCUT2D eigenvalue weighted by atomic mass is 10.2. The molecule has 2 N–H and O–H groups in total. The lowest BCUT2D eigenvalue weighted by molar-refractivity contribution is 0.408. The Balaban J connectivity index is 2.38. The summed E-state index contributed by atoms with van der Waals surface area (Å²) in [5, 5.41) is 0.408. The standard InChI is InChI=1S/C12H17ClN2O2S/c1-9-3-2-6-15(9)18(16,17)11-5-4-10(8-14)12(13)7-11/h4-5,7,9H,2-3,6,8,14H2,1H3. The van der Waals surface area contributed by atoms with Gasteiger partial charge in [-0.25, -0.2) is 8.42 Å². The summed E-state index contributed by atoms with van der Waals surface area (Å²) >= 11 is 6.02. The van der Waals surface area contributed by atoms with Crippen molar-refractivity contribution in [3.63, 3.8) is 0 Å². The second-order valence-electron chi connectivity index (χ2n) is 4.56. The molecule has 4 nitrogen and oxygen atoms in total. The van der Waals surface area contributed by atoms with Crippen LogP contribution in [0.5, 0.6) is 0 Å². The van der Waals surface area contributed by atoms with Gasteiger partial charge in [-0.05, 0) is 37.5 Å². The molecule has 1 saturated heterocycles. The fourth-order valence-electron chi connectivity index (χ4n) is 2.25. The van der Waals surface area contributed by atoms with Crippen molar-refractivity contribution in [2.24, 2.45) is 5.73 Å². The maximum Gasteiger partial charge on any atom is 0.243 e. The maximum absolute atomic E-state index is 12.4. The van der Waals surface area contributed by atoms with Crippen LogP contribution in [0.3, 0.4) is 0 Å². The minimum atomic E-state index is -3.43. The molecular formula is C12H17ClN2O2S. The zero-order valence-electron chi connectivity index (χ0n) is 10.3. The average molecular weight is 289 g/mol. The smallest absolute Gasteiger partial charge is 0.243 e. The van der Waals surface area contributed by atoms with Crippen molar-refractivity contribution in [2.75, 3.05) is 6.54 Å². The van der Waals surface area contributed by atoms with Crippen LogP contribution in [0.1, 0.15) is 25.3 Å². The minimum absolute atomic E-state index is 0.0583. The molecule has 1 heterocycles. The predicted octanol–water partition coefficient (Wildman–Crippen LogP) is 1.97. The Kier molecular flexibility index (Phi) is 3.96. The molecule has 0 spiro atoms. The molecule has 0 radical (unpaired) electrons. The van der Waals surface area contributed by atoms with Gasteiger partial charge in [-0.15, -0.1) is 0 Å². The van der Waals surface area contributed by atoms with E-state index in [1.54, 1.807) is 16.4 Å². The van der Waals surface area contributed by atoms with E-state index >= 15 is 0 Å². The number of rotatable bonds is 3. The molecule has 1 aromatic carbocycles. The fourth-order valence-corrected chi connectivity index (χ4v) is 4.30. The molecule has 0 aromatic heterocycles. The summed E-state index contributed by atoms with van der Waals surface area (Å²) in [7, 11) is -3.43. The minimum Gasteiger partial charge on any atom is -0.326 e. The van der Waals surface area contributed by atoms with Crippen LogP contribution < -0.4 is 5.73 Å². The van der Waals surface area contributed by atoms with Crippen molar-refractivity contribution in [3.8, 4) is 0 Å². The molecule has 0 amide bonds. The van der Waals surface area contributed by atoms with Gasteiger partial charge >= 0.3 is 0 Å². The molecule has 1 unspecified atom stereocenters. The number of hydrogen-bond donors (Lipinski definition) is 1. The second-order valence-corrected chi connectivity index (χ2v) is 6.86. The van der Waals surface area contributed by atoms with Crippen LogP contribution in [-0.2, 0) is 16.6 Å². The zero-order chi connectivity index (χ0) is 13.3. The van der Waals surface area contributed by atoms with E-state index in [4.69, 9.17) is 17.3 Å². The molecule has 0 saturated carbocycles. The summed E-state index contributed by atoms with van der Waals surface area (Å²) in [5.41, 5.74) is 6.26. The molecule has 1 fully saturated rings. The summed E-state index contributed by atoms with van der Waals surface area (Å²) in [5.74, 6) is 0. The van der Waals surface area contributed by atoms with Gasteiger partial charge in [0.1, 0.15) is 0 Å². The van der Waals surface area contributed by atoms with E-state index < -0.39 is 10.0 Å². The molecular weight excluding hydrogens is 272 g/mol. The van der Waals surface area contributed by atoms with Crippen molar-refractivity contribution in [1.82, 2.24) is 4.31 Å². The van der Waals surface area contributed by atoms with Crippen LogP contribution in [0.2, 0.25) is 5.02 Å². The normalized spacial score (nSPS) is 21.4. The number of hydrogen-bond acceptors (Lipinski definition) is 3. The first-order chi connectivity index (χ1) is 8.46. The Morgan fingerprint density at radius 2 is 2.22 bits per heavy atom. The molecule has 0 aliphatic carbocycles. The van der Waals surface area contributed by atoms with E-state index in [1.165, 1.54) is 6.07 Å². The van der Waals surface area contributed by atoms with E-state index in [-0.39, 0.29) is 10.9 Å². The summed E-state index contributed by atoms with van der Waals surface area (Å²) in [6.45, 7) is 2.82. The Labute approximate surface area is 113 Å². The summed E-state index contributed by atoms with van der Waals surface area (Å²) in [6.07, 6.45) is 1.82. The Morgan fingerprint density at radius 3 is 2.72 bits per heavy atom. The Bertz CT molecular complexity index is 545. The van der Waals surface area contributed by atoms with Crippen molar-refractivity contribution < 1.29 is 8.42 Å². The second kappa shape index (κ2) is 5.17. The zero-order valence-corrected chi connectivity index (χ0v) is 11.8. The van der Waals surface area contributed by atoms with E-state index in [9.17, 15) is 8.42 Å². The van der Waals surface area contributed by atoms with Gasteiger partial charge in [0.2, 0.25) is 10.0 Å². The largest absolute Gasteiger partial charge is 0.326 e. The van der Waals surface area contributed by atoms with Gasteiger partial charge in [-0.1, -0.05) is 17.7 Å². The van der Waals surface area contributed by atoms with Crippen LogP contribution in [0.4, 0.5) is 0 Å². The molecule has 18 heavy (non-hydrogen) atoms. The van der Waals surface area contributed by atoms with E-state index in [1.807, 2.05) is 6.92 Å². The third-order valence-corrected chi connectivity index (χ3v) is 5.70. The predicted molar refractivity (Wildman–Crippen MR) is 71.9 cm³/mol. The van der Waals surface area contributed by atoms with Gasteiger partial charge in [0.25, 0.3) is 0 Å². The fraction of sp³-hybridized carbons (Fsp3) is 0.500. The highest BCUT2D eigenvalue weighted by molar-refractivity contribution is 7.89. The lowest BCUT2D eigenvalue weighted by Gasteiger charge is -2.21. The average Bonchev–Trinajstić information content (AvgIpc) is 2.76. The van der Waals surface area contributed by atoms with Crippen LogP contribution in [0.25, 0.3) is 0 Å². The van der Waals surface area contributed by atoms with Crippen molar-refractivity contribution in [1.29, 1.82) is 0 Å². The number of nitrogens with zero attached hydrogens (tertiary/aromatic N) is 1. The van der Waals surface area contributed by atoms with Crippen molar-refractivity contribution in [2.45, 2.75) is 37.2 Å². The Hall–Kier alpha value is -0.620. The van der Waals surface area contributed by atoms with Gasteiger partial charge < -0.3 is 5.73 Å². The van der Waals surface area contributed by atoms with Crippen molar-refractivity contribution >= 4 is 21.6 Å². The highest BCUT2D eigenvalue weighted by atomic mass is 35.5. The Morgan fingerprint density at radius 1 is 1.50 bits per heavy atom. The highest BCUT2D eigenvalue weighted by Gasteiger charge is 2.32. The van der Waals surface area contributed by atoms with Crippen molar-refractivity contribution in [3.05, 3.63) is 28.8 Å². The van der Waals surface area contributed by atoms with Gasteiger partial charge in [0.05, 0.1) is 4.90 Å². The molecule has 1 atom stereocenters. The molecule has 2 rings (SSSR count). The van der Waals surface area contributed by atoms with E-state index in [0.29, 0.717) is 18.1 Å². The highest BCUT2D eigenvalue weighted by Crippen LogP contribution is 2.28. The van der Waals surface area contributed by atoms with Crippen LogP contribution in [0, 0.1) is 0 Å². The van der Waals surface area contributed by atoms with E-state index in [2.05, 4.69) is 0 Å². The SMILES string of the molecule is CC1CCCN1S(=O)(=O)c1ccc(CN)c(Cl)c1. The number of nitrogens with two attached hydrogens (primary N) is 1. The number of sulfonamides is 1. The monoisotopic (exact) mass is 288 g/mol.